The molecule has 1 aliphatic rings. The molecular formula is C34H38F3N3O3. The first-order valence-corrected chi connectivity index (χ1v) is 14.8. The van der Waals surface area contributed by atoms with Crippen molar-refractivity contribution in [1.29, 1.82) is 0 Å². The van der Waals surface area contributed by atoms with Crippen LogP contribution in [-0.2, 0) is 27.2 Å². The maximum Gasteiger partial charge on any atom is 0.233 e. The Morgan fingerprint density at radius 3 is 1.91 bits per heavy atom. The lowest BCUT2D eigenvalue weighted by Crippen LogP contribution is -2.41. The number of hydrogen-bond acceptors (Lipinski definition) is 4. The molecule has 0 aliphatic carbocycles. The fourth-order valence-corrected chi connectivity index (χ4v) is 5.38. The Labute approximate surface area is 250 Å². The van der Waals surface area contributed by atoms with Crippen molar-refractivity contribution in [2.45, 2.75) is 51.9 Å². The van der Waals surface area contributed by atoms with E-state index in [4.69, 9.17) is 0 Å². The van der Waals surface area contributed by atoms with Crippen LogP contribution in [0.25, 0.3) is 0 Å². The van der Waals surface area contributed by atoms with Crippen LogP contribution in [0.1, 0.15) is 55.7 Å². The molecule has 0 aromatic heterocycles. The summed E-state index contributed by atoms with van der Waals surface area (Å²) in [6.45, 7) is 5.16. The van der Waals surface area contributed by atoms with E-state index in [2.05, 4.69) is 10.2 Å². The van der Waals surface area contributed by atoms with Gasteiger partial charge in [-0.1, -0.05) is 74.5 Å². The highest BCUT2D eigenvalue weighted by molar-refractivity contribution is 5.97. The SMILES string of the molecule is CC(C)C(=O)Nc1c(F)cc(F)c(C2CCN(CCCN(C(=O)Cc3ccccc3)C(=O)Cc3ccccc3)CC2)c1F. The number of carbonyl (C=O) groups excluding carboxylic acids is 3. The second kappa shape index (κ2) is 15.0. The van der Waals surface area contributed by atoms with Crippen molar-refractivity contribution in [3.8, 4) is 0 Å². The number of hydrogen-bond donors (Lipinski definition) is 1. The van der Waals surface area contributed by atoms with Gasteiger partial charge in [-0.25, -0.2) is 13.2 Å². The smallest absolute Gasteiger partial charge is 0.233 e. The molecular weight excluding hydrogens is 555 g/mol. The molecule has 6 nitrogen and oxygen atoms in total. The molecule has 0 radical (unpaired) electrons. The topological polar surface area (TPSA) is 69.7 Å². The summed E-state index contributed by atoms with van der Waals surface area (Å²) in [5, 5.41) is 2.25. The number of nitrogens with one attached hydrogen (secondary N) is 1. The van der Waals surface area contributed by atoms with Crippen molar-refractivity contribution in [2.75, 3.05) is 31.5 Å². The van der Waals surface area contributed by atoms with Crippen LogP contribution in [0.2, 0.25) is 0 Å². The Balaban J connectivity index is 1.36. The highest BCUT2D eigenvalue weighted by atomic mass is 19.1. The minimum Gasteiger partial charge on any atom is -0.321 e. The van der Waals surface area contributed by atoms with Gasteiger partial charge in [-0.2, -0.15) is 0 Å². The zero-order valence-electron chi connectivity index (χ0n) is 24.6. The summed E-state index contributed by atoms with van der Waals surface area (Å²) >= 11 is 0. The standard InChI is InChI=1S/C34H38F3N3O3/c1-23(2)34(43)38-33-28(36)22-27(35)31(32(33)37)26-14-18-39(19-15-26)16-9-17-40(29(41)20-24-10-5-3-6-11-24)30(42)21-25-12-7-4-8-13-25/h3-8,10-13,22-23,26H,9,14-21H2,1-2H3,(H,38,43). The fourth-order valence-electron chi connectivity index (χ4n) is 5.38. The van der Waals surface area contributed by atoms with Gasteiger partial charge in [-0.3, -0.25) is 19.3 Å². The van der Waals surface area contributed by atoms with E-state index in [0.717, 1.165) is 11.1 Å². The van der Waals surface area contributed by atoms with Gasteiger partial charge in [-0.15, -0.1) is 0 Å². The van der Waals surface area contributed by atoms with Gasteiger partial charge < -0.3 is 10.2 Å². The number of likely N-dealkylation sites (tertiary alicyclic amines) is 1. The first kappa shape index (κ1) is 31.9. The minimum absolute atomic E-state index is 0.126. The highest BCUT2D eigenvalue weighted by Crippen LogP contribution is 2.36. The number of rotatable bonds is 11. The van der Waals surface area contributed by atoms with Crippen LogP contribution < -0.4 is 5.32 Å². The Hall–Kier alpha value is -3.98. The predicted octanol–water partition coefficient (Wildman–Crippen LogP) is 6.11. The molecule has 43 heavy (non-hydrogen) atoms. The lowest BCUT2D eigenvalue weighted by Gasteiger charge is -2.33. The molecule has 0 spiro atoms. The lowest BCUT2D eigenvalue weighted by atomic mass is 9.88. The zero-order valence-corrected chi connectivity index (χ0v) is 24.6. The third kappa shape index (κ3) is 8.54. The van der Waals surface area contributed by atoms with E-state index in [0.29, 0.717) is 45.0 Å². The van der Waals surface area contributed by atoms with Gasteiger partial charge in [0.25, 0.3) is 0 Å². The monoisotopic (exact) mass is 593 g/mol. The van der Waals surface area contributed by atoms with E-state index in [1.807, 2.05) is 60.7 Å². The van der Waals surface area contributed by atoms with Crippen molar-refractivity contribution in [3.63, 3.8) is 0 Å². The number of carbonyl (C=O) groups is 3. The van der Waals surface area contributed by atoms with Gasteiger partial charge in [-0.05, 0) is 55.9 Å². The normalized spacial score (nSPS) is 14.1. The van der Waals surface area contributed by atoms with Crippen molar-refractivity contribution in [2.24, 2.45) is 5.92 Å². The van der Waals surface area contributed by atoms with Crippen LogP contribution in [-0.4, -0.2) is 53.7 Å². The molecule has 9 heteroatoms. The third-order valence-electron chi connectivity index (χ3n) is 7.83. The number of anilines is 1. The van der Waals surface area contributed by atoms with Crippen LogP contribution in [0.4, 0.5) is 18.9 Å². The molecule has 0 unspecified atom stereocenters. The van der Waals surface area contributed by atoms with Crippen molar-refractivity contribution >= 4 is 23.4 Å². The van der Waals surface area contributed by atoms with Crippen LogP contribution in [0.3, 0.4) is 0 Å². The molecule has 0 bridgehead atoms. The van der Waals surface area contributed by atoms with Crippen LogP contribution in [0.5, 0.6) is 0 Å². The van der Waals surface area contributed by atoms with Gasteiger partial charge >= 0.3 is 0 Å². The van der Waals surface area contributed by atoms with Gasteiger partial charge in [0.05, 0.1) is 12.8 Å². The van der Waals surface area contributed by atoms with Crippen molar-refractivity contribution < 1.29 is 27.6 Å². The Morgan fingerprint density at radius 2 is 1.40 bits per heavy atom. The van der Waals surface area contributed by atoms with E-state index in [1.165, 1.54) is 4.90 Å². The second-order valence-electron chi connectivity index (χ2n) is 11.3. The summed E-state index contributed by atoms with van der Waals surface area (Å²) in [6.07, 6.45) is 1.69. The summed E-state index contributed by atoms with van der Waals surface area (Å²) in [4.78, 5) is 42.0. The van der Waals surface area contributed by atoms with Gasteiger partial charge in [0.1, 0.15) is 11.5 Å². The maximum atomic E-state index is 15.3. The van der Waals surface area contributed by atoms with Crippen LogP contribution >= 0.6 is 0 Å². The molecule has 1 heterocycles. The van der Waals surface area contributed by atoms with Gasteiger partial charge in [0.15, 0.2) is 11.6 Å². The minimum atomic E-state index is -1.14. The number of benzene rings is 3. The molecule has 1 N–H and O–H groups in total. The summed E-state index contributed by atoms with van der Waals surface area (Å²) in [7, 11) is 0. The number of halogens is 3. The quantitative estimate of drug-likeness (QED) is 0.291. The second-order valence-corrected chi connectivity index (χ2v) is 11.3. The van der Waals surface area contributed by atoms with E-state index in [9.17, 15) is 23.2 Å². The number of amides is 3. The first-order chi connectivity index (χ1) is 20.6. The molecule has 3 aromatic carbocycles. The zero-order chi connectivity index (χ0) is 30.9. The molecule has 0 atom stereocenters. The largest absolute Gasteiger partial charge is 0.321 e. The number of nitrogens with zero attached hydrogens (tertiary/aromatic N) is 2. The number of imide groups is 1. The van der Waals surface area contributed by atoms with E-state index in [-0.39, 0.29) is 36.8 Å². The van der Waals surface area contributed by atoms with E-state index < -0.39 is 40.9 Å². The van der Waals surface area contributed by atoms with E-state index >= 15 is 4.39 Å². The summed E-state index contributed by atoms with van der Waals surface area (Å²) in [5.41, 5.74) is 0.848. The van der Waals surface area contributed by atoms with E-state index in [1.54, 1.807) is 13.8 Å². The average molecular weight is 594 g/mol. The molecule has 3 amide bonds. The average Bonchev–Trinajstić information content (AvgIpc) is 2.98. The Kier molecular flexibility index (Phi) is 11.1. The molecule has 228 valence electrons. The summed E-state index contributed by atoms with van der Waals surface area (Å²) in [6, 6.07) is 19.2. The maximum absolute atomic E-state index is 15.3. The van der Waals surface area contributed by atoms with Gasteiger partial charge in [0.2, 0.25) is 17.7 Å². The molecule has 3 aromatic rings. The fraction of sp³-hybridized carbons (Fsp3) is 0.382. The first-order valence-electron chi connectivity index (χ1n) is 14.8. The molecule has 1 fully saturated rings. The lowest BCUT2D eigenvalue weighted by molar-refractivity contribution is -0.144. The Bertz CT molecular complexity index is 1360. The van der Waals surface area contributed by atoms with Crippen LogP contribution in [0, 0.1) is 23.4 Å². The van der Waals surface area contributed by atoms with Crippen molar-refractivity contribution in [3.05, 3.63) is 101 Å². The summed E-state index contributed by atoms with van der Waals surface area (Å²) in [5.74, 6) is -5.18. The van der Waals surface area contributed by atoms with Gasteiger partial charge in [0, 0.05) is 24.1 Å². The predicted molar refractivity (Wildman–Crippen MR) is 160 cm³/mol. The third-order valence-corrected chi connectivity index (χ3v) is 7.83. The summed E-state index contributed by atoms with van der Waals surface area (Å²) < 4.78 is 44.4. The molecule has 1 saturated heterocycles. The molecule has 0 saturated carbocycles. The number of piperidine rings is 1. The van der Waals surface area contributed by atoms with Crippen molar-refractivity contribution in [1.82, 2.24) is 9.80 Å². The highest BCUT2D eigenvalue weighted by Gasteiger charge is 2.30. The molecule has 1 aliphatic heterocycles. The van der Waals surface area contributed by atoms with Crippen LogP contribution in [0.15, 0.2) is 66.7 Å². The molecule has 4 rings (SSSR count). The Morgan fingerprint density at radius 1 is 0.860 bits per heavy atom.